The lowest BCUT2D eigenvalue weighted by Gasteiger charge is -2.12. The summed E-state index contributed by atoms with van der Waals surface area (Å²) in [7, 11) is 1.41. The van der Waals surface area contributed by atoms with E-state index in [9.17, 15) is 18.4 Å². The summed E-state index contributed by atoms with van der Waals surface area (Å²) in [5.74, 6) is -2.70. The molecule has 0 aromatic heterocycles. The van der Waals surface area contributed by atoms with Gasteiger partial charge in [0.05, 0.1) is 24.0 Å². The molecule has 0 aliphatic carbocycles. The van der Waals surface area contributed by atoms with Gasteiger partial charge in [-0.15, -0.1) is 0 Å². The Morgan fingerprint density at radius 3 is 2.21 bits per heavy atom. The molecule has 0 radical (unpaired) electrons. The summed E-state index contributed by atoms with van der Waals surface area (Å²) in [4.78, 5) is 23.4. The number of hydrogen-bond donors (Lipinski definition) is 2. The average Bonchev–Trinajstić information content (AvgIpc) is 2.51. The molecule has 0 spiro atoms. The molecule has 7 heteroatoms. The van der Waals surface area contributed by atoms with E-state index in [0.717, 1.165) is 11.6 Å². The van der Waals surface area contributed by atoms with Crippen molar-refractivity contribution >= 4 is 23.2 Å². The van der Waals surface area contributed by atoms with E-state index in [1.165, 1.54) is 14.0 Å². The fourth-order valence-electron chi connectivity index (χ4n) is 2.12. The topological polar surface area (TPSA) is 67.4 Å². The van der Waals surface area contributed by atoms with E-state index in [2.05, 4.69) is 10.6 Å². The summed E-state index contributed by atoms with van der Waals surface area (Å²) in [6.07, 6.45) is 0. The van der Waals surface area contributed by atoms with Gasteiger partial charge in [-0.3, -0.25) is 9.59 Å². The maximum absolute atomic E-state index is 13.9. The number of anilines is 2. The highest BCUT2D eigenvalue weighted by Gasteiger charge is 2.17. The summed E-state index contributed by atoms with van der Waals surface area (Å²) >= 11 is 0. The zero-order valence-electron chi connectivity index (χ0n) is 13.4. The van der Waals surface area contributed by atoms with Gasteiger partial charge in [0.2, 0.25) is 5.91 Å². The lowest BCUT2D eigenvalue weighted by molar-refractivity contribution is -0.114. The number of benzene rings is 2. The molecule has 2 rings (SSSR count). The Bertz CT molecular complexity index is 807. The monoisotopic (exact) mass is 334 g/mol. The average molecular weight is 334 g/mol. The number of carbonyl (C=O) groups is 2. The molecule has 0 bridgehead atoms. The maximum atomic E-state index is 13.9. The van der Waals surface area contributed by atoms with Gasteiger partial charge < -0.3 is 15.4 Å². The molecule has 0 aliphatic rings. The molecule has 0 aliphatic heterocycles. The highest BCUT2D eigenvalue weighted by atomic mass is 19.1. The van der Waals surface area contributed by atoms with Crippen LogP contribution in [0, 0.1) is 18.6 Å². The van der Waals surface area contributed by atoms with Crippen molar-refractivity contribution in [3.63, 3.8) is 0 Å². The SMILES string of the molecule is COc1ccc(C)cc1C(=O)Nc1cc(NC(C)=O)c(F)cc1F. The van der Waals surface area contributed by atoms with Crippen molar-refractivity contribution in [3.8, 4) is 5.75 Å². The van der Waals surface area contributed by atoms with Crippen molar-refractivity contribution in [2.24, 2.45) is 0 Å². The van der Waals surface area contributed by atoms with Crippen LogP contribution in [0.3, 0.4) is 0 Å². The molecular formula is C17H16F2N2O3. The molecule has 0 saturated heterocycles. The first kappa shape index (κ1) is 17.4. The van der Waals surface area contributed by atoms with Crippen molar-refractivity contribution < 1.29 is 23.1 Å². The minimum absolute atomic E-state index is 0.210. The van der Waals surface area contributed by atoms with Gasteiger partial charge in [-0.05, 0) is 25.1 Å². The Morgan fingerprint density at radius 2 is 1.62 bits per heavy atom. The third-order valence-electron chi connectivity index (χ3n) is 3.22. The first-order valence-corrected chi connectivity index (χ1v) is 7.04. The smallest absolute Gasteiger partial charge is 0.259 e. The summed E-state index contributed by atoms with van der Waals surface area (Å²) in [6, 6.07) is 6.59. The van der Waals surface area contributed by atoms with Crippen molar-refractivity contribution in [1.29, 1.82) is 0 Å². The molecule has 2 aromatic carbocycles. The van der Waals surface area contributed by atoms with Crippen molar-refractivity contribution in [1.82, 2.24) is 0 Å². The molecule has 5 nitrogen and oxygen atoms in total. The second kappa shape index (κ2) is 7.08. The maximum Gasteiger partial charge on any atom is 0.259 e. The Balaban J connectivity index is 2.35. The number of nitrogens with one attached hydrogen (secondary N) is 2. The Morgan fingerprint density at radius 1 is 1.00 bits per heavy atom. The number of rotatable bonds is 4. The Kier molecular flexibility index (Phi) is 5.13. The molecule has 0 atom stereocenters. The molecule has 0 unspecified atom stereocenters. The number of ether oxygens (including phenoxy) is 1. The number of aryl methyl sites for hydroxylation is 1. The van der Waals surface area contributed by atoms with E-state index in [1.807, 2.05) is 0 Å². The number of hydrogen-bond acceptors (Lipinski definition) is 3. The van der Waals surface area contributed by atoms with Gasteiger partial charge in [0.25, 0.3) is 5.91 Å². The quantitative estimate of drug-likeness (QED) is 0.899. The molecule has 0 heterocycles. The first-order valence-electron chi connectivity index (χ1n) is 7.04. The van der Waals surface area contributed by atoms with E-state index >= 15 is 0 Å². The van der Waals surface area contributed by atoms with E-state index in [4.69, 9.17) is 4.74 Å². The Labute approximate surface area is 137 Å². The zero-order chi connectivity index (χ0) is 17.9. The van der Waals surface area contributed by atoms with Gasteiger partial charge in [0.15, 0.2) is 0 Å². The highest BCUT2D eigenvalue weighted by Crippen LogP contribution is 2.26. The lowest BCUT2D eigenvalue weighted by Crippen LogP contribution is -2.15. The molecule has 2 amide bonds. The summed E-state index contributed by atoms with van der Waals surface area (Å²) in [6.45, 7) is 2.99. The summed E-state index contributed by atoms with van der Waals surface area (Å²) < 4.78 is 32.7. The molecule has 0 fully saturated rings. The van der Waals surface area contributed by atoms with Crippen LogP contribution in [0.4, 0.5) is 20.2 Å². The van der Waals surface area contributed by atoms with Crippen molar-refractivity contribution in [2.45, 2.75) is 13.8 Å². The van der Waals surface area contributed by atoms with Gasteiger partial charge in [-0.2, -0.15) is 0 Å². The first-order chi connectivity index (χ1) is 11.3. The van der Waals surface area contributed by atoms with E-state index in [0.29, 0.717) is 11.8 Å². The number of carbonyl (C=O) groups excluding carboxylic acids is 2. The van der Waals surface area contributed by atoms with Gasteiger partial charge in [-0.25, -0.2) is 8.78 Å². The van der Waals surface area contributed by atoms with Crippen LogP contribution in [0.1, 0.15) is 22.8 Å². The van der Waals surface area contributed by atoms with Crippen LogP contribution >= 0.6 is 0 Å². The zero-order valence-corrected chi connectivity index (χ0v) is 13.4. The second-order valence-electron chi connectivity index (χ2n) is 5.15. The summed E-state index contributed by atoms with van der Waals surface area (Å²) in [5, 5.41) is 4.59. The normalized spacial score (nSPS) is 10.2. The molecule has 2 aromatic rings. The Hall–Kier alpha value is -2.96. The van der Waals surface area contributed by atoms with Crippen molar-refractivity contribution in [3.05, 3.63) is 53.1 Å². The van der Waals surface area contributed by atoms with Crippen LogP contribution in [0.5, 0.6) is 5.75 Å². The number of amides is 2. The fraction of sp³-hybridized carbons (Fsp3) is 0.176. The van der Waals surface area contributed by atoms with Crippen LogP contribution in [-0.2, 0) is 4.79 Å². The van der Waals surface area contributed by atoms with Gasteiger partial charge in [0, 0.05) is 13.0 Å². The molecule has 2 N–H and O–H groups in total. The highest BCUT2D eigenvalue weighted by molar-refractivity contribution is 6.06. The van der Waals surface area contributed by atoms with Gasteiger partial charge in [0.1, 0.15) is 17.4 Å². The summed E-state index contributed by atoms with van der Waals surface area (Å²) in [5.41, 5.74) is 0.547. The molecule has 126 valence electrons. The van der Waals surface area contributed by atoms with Crippen molar-refractivity contribution in [2.75, 3.05) is 17.7 Å². The van der Waals surface area contributed by atoms with Crippen LogP contribution in [0.25, 0.3) is 0 Å². The number of halogens is 2. The lowest BCUT2D eigenvalue weighted by atomic mass is 10.1. The van der Waals surface area contributed by atoms with Crippen LogP contribution < -0.4 is 15.4 Å². The third kappa shape index (κ3) is 3.87. The third-order valence-corrected chi connectivity index (χ3v) is 3.22. The second-order valence-corrected chi connectivity index (χ2v) is 5.15. The largest absolute Gasteiger partial charge is 0.496 e. The van der Waals surface area contributed by atoms with Crippen LogP contribution in [0.2, 0.25) is 0 Å². The minimum Gasteiger partial charge on any atom is -0.496 e. The fourth-order valence-corrected chi connectivity index (χ4v) is 2.12. The van der Waals surface area contributed by atoms with Gasteiger partial charge >= 0.3 is 0 Å². The van der Waals surface area contributed by atoms with Crippen LogP contribution in [-0.4, -0.2) is 18.9 Å². The van der Waals surface area contributed by atoms with Crippen LogP contribution in [0.15, 0.2) is 30.3 Å². The molecule has 24 heavy (non-hydrogen) atoms. The van der Waals surface area contributed by atoms with Gasteiger partial charge in [-0.1, -0.05) is 11.6 Å². The number of methoxy groups -OCH3 is 1. The minimum atomic E-state index is -0.957. The van der Waals surface area contributed by atoms with E-state index in [-0.39, 0.29) is 16.9 Å². The van der Waals surface area contributed by atoms with E-state index < -0.39 is 23.4 Å². The predicted octanol–water partition coefficient (Wildman–Crippen LogP) is 3.49. The standard InChI is InChI=1S/C17H16F2N2O3/c1-9-4-5-16(24-3)11(6-9)17(23)21-15-8-14(20-10(2)22)12(18)7-13(15)19/h4-8H,1-3H3,(H,20,22)(H,21,23). The van der Waals surface area contributed by atoms with E-state index in [1.54, 1.807) is 25.1 Å². The molecular weight excluding hydrogens is 318 g/mol. The predicted molar refractivity (Wildman–Crippen MR) is 86.3 cm³/mol. The molecule has 0 saturated carbocycles.